The fourth-order valence-electron chi connectivity index (χ4n) is 3.76. The molecule has 6 nitrogen and oxygen atoms in total. The van der Waals surface area contributed by atoms with Gasteiger partial charge >= 0.3 is 0 Å². The molecule has 0 aliphatic carbocycles. The van der Waals surface area contributed by atoms with Crippen molar-refractivity contribution in [3.8, 4) is 11.1 Å². The molecule has 1 aliphatic rings. The summed E-state index contributed by atoms with van der Waals surface area (Å²) in [5, 5.41) is 4.01. The number of hydrogen-bond acceptors (Lipinski definition) is 5. The van der Waals surface area contributed by atoms with Crippen LogP contribution in [0.25, 0.3) is 11.1 Å². The lowest BCUT2D eigenvalue weighted by Gasteiger charge is -2.32. The van der Waals surface area contributed by atoms with Crippen LogP contribution in [0.15, 0.2) is 47.4 Å². The van der Waals surface area contributed by atoms with Gasteiger partial charge in [-0.1, -0.05) is 11.2 Å². The second-order valence-corrected chi connectivity index (χ2v) is 7.00. The molecule has 3 aromatic heterocycles. The van der Waals surface area contributed by atoms with Gasteiger partial charge in [0.15, 0.2) is 0 Å². The van der Waals surface area contributed by atoms with Gasteiger partial charge in [-0.05, 0) is 44.9 Å². The third-order valence-corrected chi connectivity index (χ3v) is 5.14. The van der Waals surface area contributed by atoms with Gasteiger partial charge < -0.3 is 9.42 Å². The van der Waals surface area contributed by atoms with E-state index in [2.05, 4.69) is 27.3 Å². The Labute approximate surface area is 158 Å². The maximum atomic E-state index is 12.7. The van der Waals surface area contributed by atoms with Crippen LogP contribution in [-0.4, -0.2) is 39.0 Å². The molecule has 138 valence electrons. The Hall–Kier alpha value is -3.02. The monoisotopic (exact) mass is 362 g/mol. The van der Waals surface area contributed by atoms with Crippen molar-refractivity contribution in [2.45, 2.75) is 32.6 Å². The molecule has 1 unspecified atom stereocenters. The molecule has 1 saturated heterocycles. The van der Waals surface area contributed by atoms with Crippen molar-refractivity contribution >= 4 is 5.91 Å². The zero-order valence-corrected chi connectivity index (χ0v) is 15.6. The van der Waals surface area contributed by atoms with E-state index >= 15 is 0 Å². The van der Waals surface area contributed by atoms with Crippen molar-refractivity contribution in [1.82, 2.24) is 20.0 Å². The van der Waals surface area contributed by atoms with E-state index in [1.165, 1.54) is 0 Å². The van der Waals surface area contributed by atoms with Crippen LogP contribution in [-0.2, 0) is 0 Å². The Kier molecular flexibility index (Phi) is 4.71. The number of piperidine rings is 1. The number of pyridine rings is 2. The van der Waals surface area contributed by atoms with Crippen molar-refractivity contribution < 1.29 is 9.32 Å². The normalized spacial score (nSPS) is 17.1. The van der Waals surface area contributed by atoms with Gasteiger partial charge in [-0.3, -0.25) is 14.8 Å². The molecular weight excluding hydrogens is 340 g/mol. The molecule has 4 heterocycles. The van der Waals surface area contributed by atoms with E-state index in [9.17, 15) is 4.79 Å². The number of amides is 1. The number of aromatic nitrogens is 3. The summed E-state index contributed by atoms with van der Waals surface area (Å²) in [6, 6.07) is 7.74. The van der Waals surface area contributed by atoms with Crippen molar-refractivity contribution in [2.75, 3.05) is 13.1 Å². The Morgan fingerprint density at radius 3 is 2.78 bits per heavy atom. The van der Waals surface area contributed by atoms with Crippen molar-refractivity contribution in [1.29, 1.82) is 0 Å². The first-order chi connectivity index (χ1) is 13.1. The first-order valence-corrected chi connectivity index (χ1v) is 9.22. The minimum atomic E-state index is 0.0418. The van der Waals surface area contributed by atoms with E-state index < -0.39 is 0 Å². The Morgan fingerprint density at radius 1 is 1.22 bits per heavy atom. The van der Waals surface area contributed by atoms with Crippen molar-refractivity contribution in [2.24, 2.45) is 0 Å². The molecular formula is C21H22N4O2. The number of aryl methyl sites for hydroxylation is 2. The largest absolute Gasteiger partial charge is 0.361 e. The first-order valence-electron chi connectivity index (χ1n) is 9.22. The highest BCUT2D eigenvalue weighted by atomic mass is 16.5. The summed E-state index contributed by atoms with van der Waals surface area (Å²) in [5.41, 5.74) is 4.54. The molecule has 1 fully saturated rings. The number of rotatable bonds is 3. The van der Waals surface area contributed by atoms with Gasteiger partial charge in [0.2, 0.25) is 0 Å². The molecule has 0 N–H and O–H groups in total. The highest BCUT2D eigenvalue weighted by Crippen LogP contribution is 2.30. The number of likely N-dealkylation sites (tertiary alicyclic amines) is 1. The molecule has 3 aromatic rings. The molecule has 1 atom stereocenters. The SMILES string of the molecule is Cc1noc(C)c1-c1ccc(C2CCCN(C(=O)c3cccnc3)C2)nc1. The van der Waals surface area contributed by atoms with Crippen LogP contribution in [0, 0.1) is 13.8 Å². The predicted octanol–water partition coefficient (Wildman–Crippen LogP) is 3.77. The van der Waals surface area contributed by atoms with E-state index in [0.717, 1.165) is 47.7 Å². The molecule has 1 amide bonds. The lowest BCUT2D eigenvalue weighted by atomic mass is 9.93. The van der Waals surface area contributed by atoms with Gasteiger partial charge in [0.25, 0.3) is 5.91 Å². The van der Waals surface area contributed by atoms with Gasteiger partial charge in [0.05, 0.1) is 11.3 Å². The van der Waals surface area contributed by atoms with Crippen molar-refractivity contribution in [3.05, 3.63) is 65.6 Å². The predicted molar refractivity (Wildman–Crippen MR) is 101 cm³/mol. The Balaban J connectivity index is 1.51. The van der Waals surface area contributed by atoms with Crippen LogP contribution in [0.1, 0.15) is 46.3 Å². The third kappa shape index (κ3) is 3.47. The average Bonchev–Trinajstić information content (AvgIpc) is 3.06. The molecule has 6 heteroatoms. The summed E-state index contributed by atoms with van der Waals surface area (Å²) in [4.78, 5) is 23.4. The summed E-state index contributed by atoms with van der Waals surface area (Å²) < 4.78 is 5.25. The van der Waals surface area contributed by atoms with Gasteiger partial charge in [0.1, 0.15) is 5.76 Å². The van der Waals surface area contributed by atoms with Crippen LogP contribution in [0.4, 0.5) is 0 Å². The quantitative estimate of drug-likeness (QED) is 0.709. The van der Waals surface area contributed by atoms with E-state index in [1.807, 2.05) is 31.0 Å². The highest BCUT2D eigenvalue weighted by molar-refractivity contribution is 5.94. The van der Waals surface area contributed by atoms with Crippen LogP contribution >= 0.6 is 0 Å². The minimum Gasteiger partial charge on any atom is -0.361 e. The maximum Gasteiger partial charge on any atom is 0.255 e. The lowest BCUT2D eigenvalue weighted by Crippen LogP contribution is -2.39. The zero-order valence-electron chi connectivity index (χ0n) is 15.6. The van der Waals surface area contributed by atoms with E-state index in [-0.39, 0.29) is 11.8 Å². The van der Waals surface area contributed by atoms with Crippen molar-refractivity contribution in [3.63, 3.8) is 0 Å². The summed E-state index contributed by atoms with van der Waals surface area (Å²) in [7, 11) is 0. The van der Waals surface area contributed by atoms with Crippen LogP contribution in [0.5, 0.6) is 0 Å². The van der Waals surface area contributed by atoms with Gasteiger partial charge in [0, 0.05) is 54.4 Å². The third-order valence-electron chi connectivity index (χ3n) is 5.14. The summed E-state index contributed by atoms with van der Waals surface area (Å²) in [6.07, 6.45) is 7.20. The van der Waals surface area contributed by atoms with Crippen LogP contribution in [0.3, 0.4) is 0 Å². The number of hydrogen-bond donors (Lipinski definition) is 0. The van der Waals surface area contributed by atoms with Gasteiger partial charge in [-0.25, -0.2) is 0 Å². The van der Waals surface area contributed by atoms with E-state index in [1.54, 1.807) is 18.5 Å². The molecule has 4 rings (SSSR count). The Morgan fingerprint density at radius 2 is 2.11 bits per heavy atom. The standard InChI is InChI=1S/C21H22N4O2/c1-14-20(15(2)27-24-14)16-7-8-19(23-12-16)18-6-4-10-25(13-18)21(26)17-5-3-9-22-11-17/h3,5,7-9,11-12,18H,4,6,10,13H2,1-2H3. The summed E-state index contributed by atoms with van der Waals surface area (Å²) >= 11 is 0. The molecule has 0 spiro atoms. The van der Waals surface area contributed by atoms with Gasteiger partial charge in [-0.15, -0.1) is 0 Å². The number of nitrogens with zero attached hydrogens (tertiary/aromatic N) is 4. The van der Waals surface area contributed by atoms with E-state index in [0.29, 0.717) is 12.1 Å². The first kappa shape index (κ1) is 17.4. The zero-order chi connectivity index (χ0) is 18.8. The highest BCUT2D eigenvalue weighted by Gasteiger charge is 2.26. The average molecular weight is 362 g/mol. The topological polar surface area (TPSA) is 72.1 Å². The minimum absolute atomic E-state index is 0.0418. The molecule has 0 saturated carbocycles. The maximum absolute atomic E-state index is 12.7. The smallest absolute Gasteiger partial charge is 0.255 e. The molecule has 0 bridgehead atoms. The second-order valence-electron chi connectivity index (χ2n) is 7.00. The molecule has 0 aromatic carbocycles. The second kappa shape index (κ2) is 7.31. The lowest BCUT2D eigenvalue weighted by molar-refractivity contribution is 0.0705. The number of carbonyl (C=O) groups excluding carboxylic acids is 1. The molecule has 0 radical (unpaired) electrons. The Bertz CT molecular complexity index is 915. The molecule has 27 heavy (non-hydrogen) atoms. The van der Waals surface area contributed by atoms with E-state index in [4.69, 9.17) is 4.52 Å². The fourth-order valence-corrected chi connectivity index (χ4v) is 3.76. The summed E-state index contributed by atoms with van der Waals surface area (Å²) in [5.74, 6) is 1.09. The van der Waals surface area contributed by atoms with Crippen LogP contribution in [0.2, 0.25) is 0 Å². The summed E-state index contributed by atoms with van der Waals surface area (Å²) in [6.45, 7) is 5.31. The fraction of sp³-hybridized carbons (Fsp3) is 0.333. The van der Waals surface area contributed by atoms with Crippen LogP contribution < -0.4 is 0 Å². The van der Waals surface area contributed by atoms with Gasteiger partial charge in [-0.2, -0.15) is 0 Å². The number of carbonyl (C=O) groups is 1. The molecule has 1 aliphatic heterocycles.